The second kappa shape index (κ2) is 5.14. The number of rotatable bonds is 2. The fourth-order valence-corrected chi connectivity index (χ4v) is 2.87. The van der Waals surface area contributed by atoms with Crippen LogP contribution >= 0.6 is 0 Å². The van der Waals surface area contributed by atoms with Crippen molar-refractivity contribution < 1.29 is 4.52 Å². The number of nitrogens with zero attached hydrogens (tertiary/aromatic N) is 3. The first-order chi connectivity index (χ1) is 8.84. The summed E-state index contributed by atoms with van der Waals surface area (Å²) in [6.45, 7) is 4.35. The van der Waals surface area contributed by atoms with E-state index in [2.05, 4.69) is 28.1 Å². The zero-order valence-electron chi connectivity index (χ0n) is 11.1. The molecule has 1 aromatic heterocycles. The maximum absolute atomic E-state index is 5.51. The van der Waals surface area contributed by atoms with Gasteiger partial charge in [0.2, 0.25) is 5.88 Å². The number of likely N-dealkylation sites (N-methyl/N-ethyl adjacent to an activating group) is 1. The highest BCUT2D eigenvalue weighted by atomic mass is 16.5. The van der Waals surface area contributed by atoms with E-state index in [0.717, 1.165) is 38.5 Å². The molecule has 4 nitrogen and oxygen atoms in total. The molecule has 0 amide bonds. The lowest BCUT2D eigenvalue weighted by Gasteiger charge is -2.28. The summed E-state index contributed by atoms with van der Waals surface area (Å²) in [7, 11) is 2.17. The first-order valence-electron chi connectivity index (χ1n) is 6.92. The molecule has 0 saturated carbocycles. The number of anilines is 1. The average Bonchev–Trinajstić information content (AvgIpc) is 2.89. The van der Waals surface area contributed by atoms with Crippen LogP contribution < -0.4 is 4.90 Å². The highest BCUT2D eigenvalue weighted by Crippen LogP contribution is 2.31. The zero-order chi connectivity index (χ0) is 12.4. The van der Waals surface area contributed by atoms with Gasteiger partial charge >= 0.3 is 0 Å². The lowest BCUT2D eigenvalue weighted by Crippen LogP contribution is -2.30. The standard InChI is InChI=1S/C14H21N3O/c1-16-7-5-6-12(11-16)13-10-15-18-14(13)17-8-3-2-4-9-17/h6,10H,2-5,7-9,11H2,1H3. The van der Waals surface area contributed by atoms with Crippen LogP contribution in [0.1, 0.15) is 31.2 Å². The minimum atomic E-state index is 0.983. The van der Waals surface area contributed by atoms with Crippen molar-refractivity contribution in [2.24, 2.45) is 0 Å². The van der Waals surface area contributed by atoms with Crippen molar-refractivity contribution in [1.29, 1.82) is 0 Å². The molecule has 0 aliphatic carbocycles. The molecule has 3 heterocycles. The monoisotopic (exact) mass is 247 g/mol. The molecule has 4 heteroatoms. The smallest absolute Gasteiger partial charge is 0.234 e. The molecule has 1 aromatic rings. The van der Waals surface area contributed by atoms with E-state index in [1.54, 1.807) is 0 Å². The average molecular weight is 247 g/mol. The van der Waals surface area contributed by atoms with Crippen LogP contribution in [-0.4, -0.2) is 43.3 Å². The van der Waals surface area contributed by atoms with Gasteiger partial charge in [-0.3, -0.25) is 0 Å². The Labute approximate surface area is 108 Å². The van der Waals surface area contributed by atoms with Crippen molar-refractivity contribution >= 4 is 11.5 Å². The van der Waals surface area contributed by atoms with Crippen LogP contribution in [0.2, 0.25) is 0 Å². The number of aromatic nitrogens is 1. The maximum Gasteiger partial charge on any atom is 0.234 e. The summed E-state index contributed by atoms with van der Waals surface area (Å²) < 4.78 is 5.51. The molecule has 0 unspecified atom stereocenters. The Bertz CT molecular complexity index is 432. The second-order valence-electron chi connectivity index (χ2n) is 5.35. The van der Waals surface area contributed by atoms with E-state index in [4.69, 9.17) is 4.52 Å². The third-order valence-electron chi connectivity index (χ3n) is 3.88. The van der Waals surface area contributed by atoms with E-state index in [-0.39, 0.29) is 0 Å². The van der Waals surface area contributed by atoms with Gasteiger partial charge in [-0.05, 0) is 38.3 Å². The molecule has 98 valence electrons. The van der Waals surface area contributed by atoms with E-state index in [1.165, 1.54) is 30.4 Å². The van der Waals surface area contributed by atoms with Crippen LogP contribution in [0.3, 0.4) is 0 Å². The minimum absolute atomic E-state index is 0.983. The lowest BCUT2D eigenvalue weighted by molar-refractivity contribution is 0.372. The van der Waals surface area contributed by atoms with Crippen molar-refractivity contribution in [3.63, 3.8) is 0 Å². The SMILES string of the molecule is CN1CCC=C(c2cnoc2N2CCCCC2)C1. The molecule has 0 aromatic carbocycles. The molecule has 0 N–H and O–H groups in total. The van der Waals surface area contributed by atoms with Crippen LogP contribution in [0.4, 0.5) is 5.88 Å². The summed E-state index contributed by atoms with van der Waals surface area (Å²) in [5, 5.41) is 4.02. The van der Waals surface area contributed by atoms with Crippen molar-refractivity contribution in [2.75, 3.05) is 38.1 Å². The molecule has 2 aliphatic rings. The van der Waals surface area contributed by atoms with Gasteiger partial charge in [-0.25, -0.2) is 0 Å². The predicted molar refractivity (Wildman–Crippen MR) is 72.7 cm³/mol. The first-order valence-corrected chi connectivity index (χ1v) is 6.92. The summed E-state index contributed by atoms with van der Waals surface area (Å²) in [4.78, 5) is 4.70. The van der Waals surface area contributed by atoms with Gasteiger partial charge in [-0.1, -0.05) is 11.2 Å². The summed E-state index contributed by atoms with van der Waals surface area (Å²) in [5.41, 5.74) is 2.56. The normalized spacial score (nSPS) is 22.1. The van der Waals surface area contributed by atoms with Crippen molar-refractivity contribution in [1.82, 2.24) is 10.1 Å². The maximum atomic E-state index is 5.51. The highest BCUT2D eigenvalue weighted by molar-refractivity contribution is 5.74. The van der Waals surface area contributed by atoms with E-state index < -0.39 is 0 Å². The van der Waals surface area contributed by atoms with Crippen LogP contribution in [0.15, 0.2) is 16.8 Å². The molecule has 0 spiro atoms. The largest absolute Gasteiger partial charge is 0.340 e. The molecular weight excluding hydrogens is 226 g/mol. The second-order valence-corrected chi connectivity index (χ2v) is 5.35. The van der Waals surface area contributed by atoms with Gasteiger partial charge < -0.3 is 14.3 Å². The number of hydrogen-bond acceptors (Lipinski definition) is 4. The molecular formula is C14H21N3O. The molecule has 1 saturated heterocycles. The van der Waals surface area contributed by atoms with E-state index >= 15 is 0 Å². The predicted octanol–water partition coefficient (Wildman–Crippen LogP) is 2.38. The topological polar surface area (TPSA) is 32.5 Å². The molecule has 1 fully saturated rings. The fourth-order valence-electron chi connectivity index (χ4n) is 2.87. The van der Waals surface area contributed by atoms with Crippen LogP contribution in [0.5, 0.6) is 0 Å². The first kappa shape index (κ1) is 11.8. The van der Waals surface area contributed by atoms with Gasteiger partial charge in [0.15, 0.2) is 0 Å². The molecule has 0 radical (unpaired) electrons. The van der Waals surface area contributed by atoms with E-state index in [0.29, 0.717) is 0 Å². The van der Waals surface area contributed by atoms with Gasteiger partial charge in [0.25, 0.3) is 0 Å². The molecule has 0 bridgehead atoms. The summed E-state index contributed by atoms with van der Waals surface area (Å²) in [6.07, 6.45) is 9.20. The fraction of sp³-hybridized carbons (Fsp3) is 0.643. The quantitative estimate of drug-likeness (QED) is 0.803. The third kappa shape index (κ3) is 2.29. The number of piperidine rings is 1. The van der Waals surface area contributed by atoms with Gasteiger partial charge in [0, 0.05) is 26.2 Å². The Kier molecular flexibility index (Phi) is 3.37. The zero-order valence-corrected chi connectivity index (χ0v) is 11.1. The summed E-state index contributed by atoms with van der Waals surface area (Å²) in [5.74, 6) is 0.983. The highest BCUT2D eigenvalue weighted by Gasteiger charge is 2.22. The van der Waals surface area contributed by atoms with Crippen molar-refractivity contribution in [3.8, 4) is 0 Å². The van der Waals surface area contributed by atoms with Gasteiger partial charge in [-0.15, -0.1) is 0 Å². The molecule has 0 atom stereocenters. The molecule has 3 rings (SSSR count). The van der Waals surface area contributed by atoms with Crippen molar-refractivity contribution in [3.05, 3.63) is 17.8 Å². The Morgan fingerprint density at radius 1 is 1.17 bits per heavy atom. The number of hydrogen-bond donors (Lipinski definition) is 0. The van der Waals surface area contributed by atoms with Gasteiger partial charge in [0.1, 0.15) is 0 Å². The van der Waals surface area contributed by atoms with E-state index in [1.807, 2.05) is 6.20 Å². The molecule has 2 aliphatic heterocycles. The van der Waals surface area contributed by atoms with Crippen LogP contribution in [0, 0.1) is 0 Å². The lowest BCUT2D eigenvalue weighted by atomic mass is 10.0. The summed E-state index contributed by atoms with van der Waals surface area (Å²) in [6, 6.07) is 0. The third-order valence-corrected chi connectivity index (χ3v) is 3.88. The minimum Gasteiger partial charge on any atom is -0.340 e. The Balaban J connectivity index is 1.84. The van der Waals surface area contributed by atoms with Crippen LogP contribution in [-0.2, 0) is 0 Å². The Hall–Kier alpha value is -1.29. The van der Waals surface area contributed by atoms with Crippen LogP contribution in [0.25, 0.3) is 5.57 Å². The van der Waals surface area contributed by atoms with Crippen molar-refractivity contribution in [2.45, 2.75) is 25.7 Å². The Morgan fingerprint density at radius 2 is 2.00 bits per heavy atom. The van der Waals surface area contributed by atoms with E-state index in [9.17, 15) is 0 Å². The summed E-state index contributed by atoms with van der Waals surface area (Å²) >= 11 is 0. The van der Waals surface area contributed by atoms with Gasteiger partial charge in [-0.2, -0.15) is 0 Å². The Morgan fingerprint density at radius 3 is 2.78 bits per heavy atom. The van der Waals surface area contributed by atoms with Gasteiger partial charge in [0.05, 0.1) is 11.8 Å². The molecule has 18 heavy (non-hydrogen) atoms.